The number of carbonyl (C=O) groups excluding carboxylic acids is 2. The van der Waals surface area contributed by atoms with Gasteiger partial charge in [0.15, 0.2) is 12.1 Å². The number of carbonyl (C=O) groups is 2. The van der Waals surface area contributed by atoms with Crippen LogP contribution in [0.3, 0.4) is 0 Å². The molecule has 0 radical (unpaired) electrons. The molecule has 2 heterocycles. The molecule has 0 N–H and O–H groups in total. The van der Waals surface area contributed by atoms with E-state index < -0.39 is 5.97 Å². The van der Waals surface area contributed by atoms with Crippen molar-refractivity contribution in [3.8, 4) is 0 Å². The maximum absolute atomic E-state index is 12.8. The molecule has 1 amide bonds. The average Bonchev–Trinajstić information content (AvgIpc) is 3.10. The fourth-order valence-electron chi connectivity index (χ4n) is 4.12. The lowest BCUT2D eigenvalue weighted by atomic mass is 9.88. The topological polar surface area (TPSA) is 72.6 Å². The third-order valence-electron chi connectivity index (χ3n) is 5.61. The number of hydrogen-bond donors (Lipinski definition) is 0. The zero-order chi connectivity index (χ0) is 17.6. The van der Waals surface area contributed by atoms with Gasteiger partial charge in [-0.3, -0.25) is 4.79 Å². The van der Waals surface area contributed by atoms with E-state index in [0.717, 1.165) is 38.8 Å². The molecule has 1 aliphatic heterocycles. The highest BCUT2D eigenvalue weighted by molar-refractivity contribution is 5.88. The minimum absolute atomic E-state index is 0.123. The zero-order valence-corrected chi connectivity index (χ0v) is 15.0. The molecule has 1 saturated heterocycles. The van der Waals surface area contributed by atoms with Gasteiger partial charge in [0.05, 0.1) is 7.11 Å². The second kappa shape index (κ2) is 8.50. The van der Waals surface area contributed by atoms with E-state index in [2.05, 4.69) is 4.98 Å². The number of esters is 1. The Bertz CT molecular complexity index is 582. The van der Waals surface area contributed by atoms with E-state index in [1.807, 2.05) is 4.90 Å². The summed E-state index contributed by atoms with van der Waals surface area (Å²) in [5, 5.41) is 0. The molecular weight excluding hydrogens is 320 g/mol. The summed E-state index contributed by atoms with van der Waals surface area (Å²) >= 11 is 0. The number of ether oxygens (including phenoxy) is 1. The Morgan fingerprint density at radius 3 is 2.36 bits per heavy atom. The van der Waals surface area contributed by atoms with E-state index in [0.29, 0.717) is 11.7 Å². The molecule has 0 atom stereocenters. The van der Waals surface area contributed by atoms with E-state index in [4.69, 9.17) is 9.15 Å². The highest BCUT2D eigenvalue weighted by Gasteiger charge is 2.32. The molecule has 2 aliphatic rings. The van der Waals surface area contributed by atoms with E-state index >= 15 is 0 Å². The Hall–Kier alpha value is -1.85. The van der Waals surface area contributed by atoms with Crippen LogP contribution in [0.25, 0.3) is 0 Å². The van der Waals surface area contributed by atoms with Gasteiger partial charge in [-0.15, -0.1) is 0 Å². The summed E-state index contributed by atoms with van der Waals surface area (Å²) < 4.78 is 10.2. The first-order chi connectivity index (χ1) is 12.2. The number of aromatic nitrogens is 1. The summed E-state index contributed by atoms with van der Waals surface area (Å²) in [4.78, 5) is 30.6. The summed E-state index contributed by atoms with van der Waals surface area (Å²) in [6.45, 7) is 1.45. The quantitative estimate of drug-likeness (QED) is 0.781. The van der Waals surface area contributed by atoms with Crippen LogP contribution in [0, 0.1) is 5.92 Å². The lowest BCUT2D eigenvalue weighted by Gasteiger charge is -2.34. The van der Waals surface area contributed by atoms with Gasteiger partial charge in [0.2, 0.25) is 5.91 Å². The molecular formula is C19H28N2O4. The van der Waals surface area contributed by atoms with Gasteiger partial charge < -0.3 is 14.1 Å². The first-order valence-electron chi connectivity index (χ1n) is 9.51. The maximum atomic E-state index is 12.8. The molecule has 1 aliphatic carbocycles. The zero-order valence-electron chi connectivity index (χ0n) is 15.0. The van der Waals surface area contributed by atoms with E-state index in [1.54, 1.807) is 0 Å². The number of methoxy groups -OCH3 is 1. The lowest BCUT2D eigenvalue weighted by Crippen LogP contribution is -2.41. The van der Waals surface area contributed by atoms with Crippen LogP contribution >= 0.6 is 0 Å². The molecule has 138 valence electrons. The minimum Gasteiger partial charge on any atom is -0.464 e. The monoisotopic (exact) mass is 348 g/mol. The van der Waals surface area contributed by atoms with Gasteiger partial charge in [0.1, 0.15) is 5.76 Å². The lowest BCUT2D eigenvalue weighted by molar-refractivity contribution is -0.137. The van der Waals surface area contributed by atoms with Crippen molar-refractivity contribution in [1.29, 1.82) is 0 Å². The molecule has 6 nitrogen and oxygen atoms in total. The maximum Gasteiger partial charge on any atom is 0.360 e. The number of piperidine rings is 1. The van der Waals surface area contributed by atoms with Crippen LogP contribution in [0.2, 0.25) is 0 Å². The summed E-state index contributed by atoms with van der Waals surface area (Å²) in [5.41, 5.74) is 0.271. The molecule has 2 fully saturated rings. The summed E-state index contributed by atoms with van der Waals surface area (Å²) in [5.74, 6) is 0.790. The molecule has 25 heavy (non-hydrogen) atoms. The molecule has 0 aromatic carbocycles. The van der Waals surface area contributed by atoms with Crippen LogP contribution < -0.4 is 0 Å². The van der Waals surface area contributed by atoms with Crippen molar-refractivity contribution in [3.05, 3.63) is 17.8 Å². The molecule has 0 unspecified atom stereocenters. The summed E-state index contributed by atoms with van der Waals surface area (Å²) in [6.07, 6.45) is 11.2. The van der Waals surface area contributed by atoms with Crippen LogP contribution in [0.15, 0.2) is 10.8 Å². The van der Waals surface area contributed by atoms with Gasteiger partial charge in [-0.2, -0.15) is 0 Å². The third kappa shape index (κ3) is 4.22. The second-order valence-electron chi connectivity index (χ2n) is 7.20. The van der Waals surface area contributed by atoms with Gasteiger partial charge in [-0.1, -0.05) is 32.1 Å². The molecule has 1 saturated carbocycles. The fraction of sp³-hybridized carbons (Fsp3) is 0.737. The van der Waals surface area contributed by atoms with Crippen molar-refractivity contribution in [1.82, 2.24) is 9.88 Å². The highest BCUT2D eigenvalue weighted by Crippen LogP contribution is 2.32. The Balaban J connectivity index is 1.57. The van der Waals surface area contributed by atoms with E-state index in [-0.39, 0.29) is 17.5 Å². The summed E-state index contributed by atoms with van der Waals surface area (Å²) in [7, 11) is 1.34. The number of hydrogen-bond acceptors (Lipinski definition) is 5. The van der Waals surface area contributed by atoms with Gasteiger partial charge >= 0.3 is 5.97 Å². The smallest absolute Gasteiger partial charge is 0.360 e. The predicted molar refractivity (Wildman–Crippen MR) is 92.2 cm³/mol. The van der Waals surface area contributed by atoms with Crippen LogP contribution in [-0.2, 0) is 9.53 Å². The predicted octanol–water partition coefficient (Wildman–Crippen LogP) is 3.53. The molecule has 1 aromatic rings. The van der Waals surface area contributed by atoms with Crippen LogP contribution in [0.4, 0.5) is 0 Å². The number of rotatable bonds is 3. The number of likely N-dealkylation sites (tertiary alicyclic amines) is 1. The Kier molecular flexibility index (Phi) is 6.10. The molecule has 3 rings (SSSR count). The van der Waals surface area contributed by atoms with Crippen molar-refractivity contribution in [2.45, 2.75) is 63.7 Å². The highest BCUT2D eigenvalue weighted by atomic mass is 16.5. The number of nitrogens with zero attached hydrogens (tertiary/aromatic N) is 2. The Labute approximate surface area is 148 Å². The van der Waals surface area contributed by atoms with E-state index in [1.165, 1.54) is 45.6 Å². The number of amides is 1. The normalized spacial score (nSPS) is 20.8. The first-order valence-corrected chi connectivity index (χ1v) is 9.51. The molecule has 0 spiro atoms. The largest absolute Gasteiger partial charge is 0.464 e. The van der Waals surface area contributed by atoms with E-state index in [9.17, 15) is 9.59 Å². The van der Waals surface area contributed by atoms with Crippen molar-refractivity contribution < 1.29 is 18.7 Å². The van der Waals surface area contributed by atoms with Crippen LogP contribution in [-0.4, -0.2) is 42.0 Å². The van der Waals surface area contributed by atoms with Gasteiger partial charge in [0.25, 0.3) is 0 Å². The van der Waals surface area contributed by atoms with Crippen molar-refractivity contribution >= 4 is 11.9 Å². The van der Waals surface area contributed by atoms with Crippen LogP contribution in [0.1, 0.15) is 80.0 Å². The molecule has 1 aromatic heterocycles. The molecule has 0 bridgehead atoms. The van der Waals surface area contributed by atoms with Gasteiger partial charge in [0, 0.05) is 24.9 Å². The standard InChI is InChI=1S/C19H28N2O4/c1-24-19(23)16-17(25-13-20-16)14-9-11-21(12-10-14)18(22)15-7-5-3-2-4-6-8-15/h13-15H,2-12H2,1H3. The van der Waals surface area contributed by atoms with Crippen molar-refractivity contribution in [2.24, 2.45) is 5.92 Å². The Morgan fingerprint density at radius 2 is 1.72 bits per heavy atom. The number of oxazole rings is 1. The van der Waals surface area contributed by atoms with Gasteiger partial charge in [-0.25, -0.2) is 9.78 Å². The fourth-order valence-corrected chi connectivity index (χ4v) is 4.12. The summed E-state index contributed by atoms with van der Waals surface area (Å²) in [6, 6.07) is 0. The Morgan fingerprint density at radius 1 is 1.08 bits per heavy atom. The average molecular weight is 348 g/mol. The minimum atomic E-state index is -0.461. The second-order valence-corrected chi connectivity index (χ2v) is 7.20. The third-order valence-corrected chi connectivity index (χ3v) is 5.61. The van der Waals surface area contributed by atoms with Crippen LogP contribution in [0.5, 0.6) is 0 Å². The van der Waals surface area contributed by atoms with Crippen molar-refractivity contribution in [2.75, 3.05) is 20.2 Å². The first kappa shape index (κ1) is 18.0. The van der Waals surface area contributed by atoms with Gasteiger partial charge in [-0.05, 0) is 25.7 Å². The van der Waals surface area contributed by atoms with Crippen molar-refractivity contribution in [3.63, 3.8) is 0 Å². The SMILES string of the molecule is COC(=O)c1ncoc1C1CCN(C(=O)C2CCCCCCC2)CC1. The molecule has 6 heteroatoms.